The molecule has 0 spiro atoms. The molecular formula is C13H16N2O2. The van der Waals surface area contributed by atoms with E-state index in [1.165, 1.54) is 0 Å². The number of aromatic nitrogens is 1. The molecule has 1 aromatic carbocycles. The molecule has 0 aliphatic rings. The molecule has 2 rings (SSSR count). The molecule has 4 nitrogen and oxygen atoms in total. The molecule has 0 aliphatic heterocycles. The molecule has 0 aliphatic carbocycles. The summed E-state index contributed by atoms with van der Waals surface area (Å²) in [4.78, 5) is 10.9. The molecule has 4 heteroatoms. The molecule has 1 amide bonds. The van der Waals surface area contributed by atoms with E-state index >= 15 is 0 Å². The highest BCUT2D eigenvalue weighted by Gasteiger charge is 2.12. The highest BCUT2D eigenvalue weighted by atomic mass is 16.3. The second-order valence-corrected chi connectivity index (χ2v) is 4.11. The first-order valence-corrected chi connectivity index (χ1v) is 5.61. The number of carbonyl (C=O) groups is 1. The van der Waals surface area contributed by atoms with Crippen molar-refractivity contribution in [3.63, 3.8) is 0 Å². The van der Waals surface area contributed by atoms with Gasteiger partial charge in [0.2, 0.25) is 5.91 Å². The first kappa shape index (κ1) is 11.7. The van der Waals surface area contributed by atoms with E-state index in [1.54, 1.807) is 0 Å². The first-order chi connectivity index (χ1) is 8.15. The molecule has 3 N–H and O–H groups in total. The largest absolute Gasteiger partial charge is 0.392 e. The number of carbonyl (C=O) groups excluding carboxylic acids is 1. The second kappa shape index (κ2) is 4.59. The third-order valence-corrected chi connectivity index (χ3v) is 3.10. The Bertz CT molecular complexity index is 558. The predicted molar refractivity (Wildman–Crippen MR) is 66.4 cm³/mol. The van der Waals surface area contributed by atoms with Crippen LogP contribution in [0, 0.1) is 6.92 Å². The number of primary amides is 1. The summed E-state index contributed by atoms with van der Waals surface area (Å²) < 4.78 is 2.03. The van der Waals surface area contributed by atoms with Crippen molar-refractivity contribution >= 4 is 16.8 Å². The van der Waals surface area contributed by atoms with Crippen LogP contribution < -0.4 is 5.73 Å². The van der Waals surface area contributed by atoms with Crippen LogP contribution in [-0.4, -0.2) is 15.6 Å². The van der Waals surface area contributed by atoms with Gasteiger partial charge in [-0.2, -0.15) is 0 Å². The van der Waals surface area contributed by atoms with Gasteiger partial charge in [-0.15, -0.1) is 0 Å². The SMILES string of the molecule is Cc1c(CO)c2ccccc2n1CCC(N)=O. The predicted octanol–water partition coefficient (Wildman–Crippen LogP) is 1.32. The van der Waals surface area contributed by atoms with Crippen LogP contribution in [0.2, 0.25) is 0 Å². The summed E-state index contributed by atoms with van der Waals surface area (Å²) in [6.07, 6.45) is 0.310. The Morgan fingerprint density at radius 1 is 1.41 bits per heavy atom. The van der Waals surface area contributed by atoms with Gasteiger partial charge >= 0.3 is 0 Å². The van der Waals surface area contributed by atoms with E-state index in [-0.39, 0.29) is 12.5 Å². The van der Waals surface area contributed by atoms with Gasteiger partial charge in [0.1, 0.15) is 0 Å². The van der Waals surface area contributed by atoms with E-state index in [1.807, 2.05) is 35.8 Å². The summed E-state index contributed by atoms with van der Waals surface area (Å²) in [5, 5.41) is 10.4. The van der Waals surface area contributed by atoms with Gasteiger partial charge in [0.25, 0.3) is 0 Å². The Kier molecular flexibility index (Phi) is 3.15. The van der Waals surface area contributed by atoms with Gasteiger partial charge in [0.05, 0.1) is 6.61 Å². The molecule has 0 saturated heterocycles. The van der Waals surface area contributed by atoms with E-state index in [9.17, 15) is 9.90 Å². The lowest BCUT2D eigenvalue weighted by atomic mass is 10.1. The van der Waals surface area contributed by atoms with Crippen LogP contribution in [-0.2, 0) is 17.9 Å². The van der Waals surface area contributed by atoms with Crippen LogP contribution in [0.25, 0.3) is 10.9 Å². The third-order valence-electron chi connectivity index (χ3n) is 3.10. The minimum absolute atomic E-state index is 0.00984. The number of hydrogen-bond donors (Lipinski definition) is 2. The molecule has 1 aromatic heterocycles. The molecule has 2 aromatic rings. The van der Waals surface area contributed by atoms with Crippen LogP contribution in [0.5, 0.6) is 0 Å². The van der Waals surface area contributed by atoms with Crippen molar-refractivity contribution in [3.8, 4) is 0 Å². The average Bonchev–Trinajstić information content (AvgIpc) is 2.58. The van der Waals surface area contributed by atoms with Crippen LogP contribution in [0.1, 0.15) is 17.7 Å². The average molecular weight is 232 g/mol. The Morgan fingerprint density at radius 2 is 2.12 bits per heavy atom. The number of amides is 1. The monoisotopic (exact) mass is 232 g/mol. The number of benzene rings is 1. The van der Waals surface area contributed by atoms with Gasteiger partial charge in [-0.3, -0.25) is 4.79 Å². The number of aliphatic hydroxyl groups is 1. The molecule has 1 heterocycles. The summed E-state index contributed by atoms with van der Waals surface area (Å²) in [6, 6.07) is 7.86. The number of para-hydroxylation sites is 1. The number of nitrogens with zero attached hydrogens (tertiary/aromatic N) is 1. The molecule has 0 unspecified atom stereocenters. The Morgan fingerprint density at radius 3 is 2.76 bits per heavy atom. The lowest BCUT2D eigenvalue weighted by molar-refractivity contribution is -0.118. The summed E-state index contributed by atoms with van der Waals surface area (Å²) in [6.45, 7) is 2.52. The Labute approximate surface area is 99.7 Å². The fraction of sp³-hybridized carbons (Fsp3) is 0.308. The van der Waals surface area contributed by atoms with E-state index in [4.69, 9.17) is 5.73 Å². The maximum atomic E-state index is 10.9. The van der Waals surface area contributed by atoms with Crippen molar-refractivity contribution in [2.45, 2.75) is 26.5 Å². The fourth-order valence-corrected chi connectivity index (χ4v) is 2.21. The summed E-state index contributed by atoms with van der Waals surface area (Å²) >= 11 is 0. The van der Waals surface area contributed by atoms with Crippen molar-refractivity contribution < 1.29 is 9.90 Å². The summed E-state index contributed by atoms with van der Waals surface area (Å²) in [5.74, 6) is -0.312. The van der Waals surface area contributed by atoms with Gasteiger partial charge in [0, 0.05) is 35.1 Å². The standard InChI is InChI=1S/C13H16N2O2/c1-9-11(8-16)10-4-2-3-5-12(10)15(9)7-6-13(14)17/h2-5,16H,6-8H2,1H3,(H2,14,17). The van der Waals surface area contributed by atoms with E-state index in [0.29, 0.717) is 13.0 Å². The van der Waals surface area contributed by atoms with E-state index in [2.05, 4.69) is 0 Å². The lowest BCUT2D eigenvalue weighted by Crippen LogP contribution is -2.14. The first-order valence-electron chi connectivity index (χ1n) is 5.61. The third kappa shape index (κ3) is 2.03. The fourth-order valence-electron chi connectivity index (χ4n) is 2.21. The van der Waals surface area contributed by atoms with E-state index < -0.39 is 0 Å². The van der Waals surface area contributed by atoms with Gasteiger partial charge < -0.3 is 15.4 Å². The quantitative estimate of drug-likeness (QED) is 0.834. The summed E-state index contributed by atoms with van der Waals surface area (Å²) in [7, 11) is 0. The minimum atomic E-state index is -0.312. The van der Waals surface area contributed by atoms with Crippen LogP contribution in [0.3, 0.4) is 0 Å². The highest BCUT2D eigenvalue weighted by Crippen LogP contribution is 2.25. The van der Waals surface area contributed by atoms with Crippen molar-refractivity contribution in [2.24, 2.45) is 5.73 Å². The molecule has 0 atom stereocenters. The maximum absolute atomic E-state index is 10.9. The molecule has 90 valence electrons. The van der Waals surface area contributed by atoms with Gasteiger partial charge in [-0.1, -0.05) is 18.2 Å². The minimum Gasteiger partial charge on any atom is -0.392 e. The number of aryl methyl sites for hydroxylation is 1. The van der Waals surface area contributed by atoms with Gasteiger partial charge in [0.15, 0.2) is 0 Å². The molecule has 0 saturated carbocycles. The Balaban J connectivity index is 2.53. The molecule has 17 heavy (non-hydrogen) atoms. The smallest absolute Gasteiger partial charge is 0.219 e. The number of nitrogens with two attached hydrogens (primary N) is 1. The van der Waals surface area contributed by atoms with Crippen LogP contribution in [0.4, 0.5) is 0 Å². The molecule has 0 radical (unpaired) electrons. The topological polar surface area (TPSA) is 68.2 Å². The zero-order valence-electron chi connectivity index (χ0n) is 9.81. The zero-order valence-corrected chi connectivity index (χ0v) is 9.81. The van der Waals surface area contributed by atoms with Crippen LogP contribution >= 0.6 is 0 Å². The van der Waals surface area contributed by atoms with Crippen molar-refractivity contribution in [2.75, 3.05) is 0 Å². The van der Waals surface area contributed by atoms with Crippen LogP contribution in [0.15, 0.2) is 24.3 Å². The van der Waals surface area contributed by atoms with E-state index in [0.717, 1.165) is 22.2 Å². The maximum Gasteiger partial charge on any atom is 0.219 e. The number of aliphatic hydroxyl groups excluding tert-OH is 1. The zero-order chi connectivity index (χ0) is 12.4. The van der Waals surface area contributed by atoms with Crippen molar-refractivity contribution in [3.05, 3.63) is 35.5 Å². The van der Waals surface area contributed by atoms with Crippen molar-refractivity contribution in [1.82, 2.24) is 4.57 Å². The number of hydrogen-bond acceptors (Lipinski definition) is 2. The number of fused-ring (bicyclic) bond motifs is 1. The molecule has 0 bridgehead atoms. The second-order valence-electron chi connectivity index (χ2n) is 4.11. The van der Waals surface area contributed by atoms with Gasteiger partial charge in [-0.25, -0.2) is 0 Å². The van der Waals surface area contributed by atoms with Gasteiger partial charge in [-0.05, 0) is 13.0 Å². The lowest BCUT2D eigenvalue weighted by Gasteiger charge is -2.06. The summed E-state index contributed by atoms with van der Waals surface area (Å²) in [5.41, 5.74) is 8.13. The number of rotatable bonds is 4. The highest BCUT2D eigenvalue weighted by molar-refractivity contribution is 5.85. The molecular weight excluding hydrogens is 216 g/mol. The normalized spacial score (nSPS) is 10.9. The van der Waals surface area contributed by atoms with Crippen molar-refractivity contribution in [1.29, 1.82) is 0 Å². The molecule has 0 fully saturated rings. The Hall–Kier alpha value is -1.81.